The number of aromatic nitrogens is 3. The Labute approximate surface area is 135 Å². The molecular weight excluding hydrogens is 320 g/mol. The molecular formula is C14H14N4O4S. The van der Waals surface area contributed by atoms with Crippen LogP contribution in [0, 0.1) is 0 Å². The Hall–Kier alpha value is -2.42. The summed E-state index contributed by atoms with van der Waals surface area (Å²) >= 11 is 1.22. The van der Waals surface area contributed by atoms with Crippen molar-refractivity contribution in [3.63, 3.8) is 0 Å². The highest BCUT2D eigenvalue weighted by atomic mass is 32.2. The fourth-order valence-corrected chi connectivity index (χ4v) is 3.52. The number of amides is 1. The van der Waals surface area contributed by atoms with Crippen molar-refractivity contribution in [3.05, 3.63) is 34.6 Å². The molecule has 2 aromatic rings. The molecule has 1 aliphatic rings. The number of carbonyl (C=O) groups is 2. The molecule has 1 N–H and O–H groups in total. The van der Waals surface area contributed by atoms with Gasteiger partial charge in [0.1, 0.15) is 5.52 Å². The zero-order valence-electron chi connectivity index (χ0n) is 12.1. The van der Waals surface area contributed by atoms with E-state index < -0.39 is 11.3 Å². The van der Waals surface area contributed by atoms with Crippen LogP contribution in [0.15, 0.2) is 29.1 Å². The van der Waals surface area contributed by atoms with E-state index in [0.717, 1.165) is 4.68 Å². The Balaban J connectivity index is 1.73. The summed E-state index contributed by atoms with van der Waals surface area (Å²) in [5.41, 5.74) is 0.191. The van der Waals surface area contributed by atoms with Crippen LogP contribution in [0.5, 0.6) is 0 Å². The fraction of sp³-hybridized carbons (Fsp3) is 0.357. The molecule has 1 aromatic carbocycles. The van der Waals surface area contributed by atoms with E-state index in [1.165, 1.54) is 16.7 Å². The number of carboxylic acid groups (broad SMARTS) is 1. The second kappa shape index (κ2) is 6.37. The average Bonchev–Trinajstić information content (AvgIpc) is 3.04. The van der Waals surface area contributed by atoms with Gasteiger partial charge in [0.25, 0.3) is 5.56 Å². The molecule has 120 valence electrons. The standard InChI is InChI=1S/C14H14N4O4S/c19-11(17-7-8-23-13(17)14(21)22)5-6-18-12(20)9-3-1-2-4-10(9)15-16-18/h1-4,13H,5-8H2,(H,21,22). The minimum Gasteiger partial charge on any atom is -0.479 e. The SMILES string of the molecule is O=C(O)C1SCCN1C(=O)CCn1nnc2ccccc2c1=O. The third-order valence-electron chi connectivity index (χ3n) is 3.59. The van der Waals surface area contributed by atoms with Crippen LogP contribution in [0.4, 0.5) is 0 Å². The van der Waals surface area contributed by atoms with Crippen LogP contribution in [-0.4, -0.2) is 54.5 Å². The smallest absolute Gasteiger partial charge is 0.337 e. The van der Waals surface area contributed by atoms with Crippen molar-refractivity contribution in [1.82, 2.24) is 19.9 Å². The van der Waals surface area contributed by atoms with Gasteiger partial charge in [-0.25, -0.2) is 9.48 Å². The number of aliphatic carboxylic acids is 1. The lowest BCUT2D eigenvalue weighted by Crippen LogP contribution is -2.40. The maximum atomic E-state index is 12.3. The second-order valence-electron chi connectivity index (χ2n) is 5.03. The molecule has 1 atom stereocenters. The summed E-state index contributed by atoms with van der Waals surface area (Å²) < 4.78 is 1.14. The lowest BCUT2D eigenvalue weighted by Gasteiger charge is -2.20. The molecule has 1 fully saturated rings. The van der Waals surface area contributed by atoms with Gasteiger partial charge in [0.05, 0.1) is 11.9 Å². The number of rotatable bonds is 4. The summed E-state index contributed by atoms with van der Waals surface area (Å²) in [4.78, 5) is 36.9. The number of benzene rings is 1. The largest absolute Gasteiger partial charge is 0.479 e. The van der Waals surface area contributed by atoms with E-state index in [1.807, 2.05) is 0 Å². The quantitative estimate of drug-likeness (QED) is 0.849. The van der Waals surface area contributed by atoms with Crippen molar-refractivity contribution >= 4 is 34.5 Å². The zero-order chi connectivity index (χ0) is 16.4. The van der Waals surface area contributed by atoms with Crippen LogP contribution in [0.2, 0.25) is 0 Å². The van der Waals surface area contributed by atoms with Gasteiger partial charge in [-0.05, 0) is 12.1 Å². The Morgan fingerprint density at radius 1 is 1.35 bits per heavy atom. The van der Waals surface area contributed by atoms with E-state index in [0.29, 0.717) is 23.2 Å². The first-order chi connectivity index (χ1) is 11.1. The minimum atomic E-state index is -1.02. The number of nitrogens with zero attached hydrogens (tertiary/aromatic N) is 4. The van der Waals surface area contributed by atoms with E-state index in [1.54, 1.807) is 24.3 Å². The van der Waals surface area contributed by atoms with E-state index in [-0.39, 0.29) is 24.4 Å². The normalized spacial score (nSPS) is 17.6. The first kappa shape index (κ1) is 15.5. The number of fused-ring (bicyclic) bond motifs is 1. The molecule has 9 heteroatoms. The number of carbonyl (C=O) groups excluding carboxylic acids is 1. The zero-order valence-corrected chi connectivity index (χ0v) is 12.9. The summed E-state index contributed by atoms with van der Waals surface area (Å²) in [5, 5.41) is 16.5. The second-order valence-corrected chi connectivity index (χ2v) is 6.22. The van der Waals surface area contributed by atoms with Crippen molar-refractivity contribution in [2.45, 2.75) is 18.3 Å². The Morgan fingerprint density at radius 2 is 2.13 bits per heavy atom. The number of thioether (sulfide) groups is 1. The van der Waals surface area contributed by atoms with Gasteiger partial charge in [0, 0.05) is 18.7 Å². The van der Waals surface area contributed by atoms with Crippen molar-refractivity contribution in [3.8, 4) is 0 Å². The molecule has 2 heterocycles. The van der Waals surface area contributed by atoms with Gasteiger partial charge in [-0.1, -0.05) is 17.3 Å². The van der Waals surface area contributed by atoms with Gasteiger partial charge in [0.15, 0.2) is 5.37 Å². The first-order valence-corrected chi connectivity index (χ1v) is 8.09. The van der Waals surface area contributed by atoms with Gasteiger partial charge in [-0.15, -0.1) is 16.9 Å². The van der Waals surface area contributed by atoms with Crippen LogP contribution in [0.1, 0.15) is 6.42 Å². The summed E-state index contributed by atoms with van der Waals surface area (Å²) in [5.74, 6) is -0.730. The first-order valence-electron chi connectivity index (χ1n) is 7.04. The van der Waals surface area contributed by atoms with E-state index in [4.69, 9.17) is 5.11 Å². The van der Waals surface area contributed by atoms with Crippen molar-refractivity contribution < 1.29 is 14.7 Å². The lowest BCUT2D eigenvalue weighted by atomic mass is 10.2. The maximum absolute atomic E-state index is 12.3. The highest BCUT2D eigenvalue weighted by Crippen LogP contribution is 2.24. The molecule has 8 nitrogen and oxygen atoms in total. The molecule has 0 saturated carbocycles. The number of aryl methyl sites for hydroxylation is 1. The van der Waals surface area contributed by atoms with Gasteiger partial charge in [-0.2, -0.15) is 0 Å². The van der Waals surface area contributed by atoms with Crippen molar-refractivity contribution in [1.29, 1.82) is 0 Å². The number of hydrogen-bond acceptors (Lipinski definition) is 6. The molecule has 23 heavy (non-hydrogen) atoms. The molecule has 0 radical (unpaired) electrons. The monoisotopic (exact) mass is 334 g/mol. The van der Waals surface area contributed by atoms with Gasteiger partial charge >= 0.3 is 5.97 Å². The van der Waals surface area contributed by atoms with E-state index in [2.05, 4.69) is 10.3 Å². The van der Waals surface area contributed by atoms with Crippen molar-refractivity contribution in [2.24, 2.45) is 0 Å². The molecule has 0 spiro atoms. The Morgan fingerprint density at radius 3 is 2.91 bits per heavy atom. The fourth-order valence-electron chi connectivity index (χ4n) is 2.44. The summed E-state index contributed by atoms with van der Waals surface area (Å²) in [6.07, 6.45) is 0.0112. The highest BCUT2D eigenvalue weighted by Gasteiger charge is 2.34. The van der Waals surface area contributed by atoms with Gasteiger partial charge in [-0.3, -0.25) is 9.59 Å². The lowest BCUT2D eigenvalue weighted by molar-refractivity contribution is -0.145. The summed E-state index contributed by atoms with van der Waals surface area (Å²) in [7, 11) is 0. The highest BCUT2D eigenvalue weighted by molar-refractivity contribution is 8.00. The van der Waals surface area contributed by atoms with Crippen LogP contribution in [0.3, 0.4) is 0 Å². The maximum Gasteiger partial charge on any atom is 0.337 e. The predicted octanol–water partition coefficient (Wildman–Crippen LogP) is 0.168. The summed E-state index contributed by atoms with van der Waals surface area (Å²) in [6, 6.07) is 6.85. The third-order valence-corrected chi connectivity index (χ3v) is 4.78. The minimum absolute atomic E-state index is 0.0112. The van der Waals surface area contributed by atoms with Crippen LogP contribution in [0.25, 0.3) is 10.9 Å². The van der Waals surface area contributed by atoms with Crippen LogP contribution < -0.4 is 5.56 Å². The van der Waals surface area contributed by atoms with Crippen LogP contribution >= 0.6 is 11.8 Å². The molecule has 1 aromatic heterocycles. The molecule has 1 unspecified atom stereocenters. The van der Waals surface area contributed by atoms with Crippen LogP contribution in [-0.2, 0) is 16.1 Å². The van der Waals surface area contributed by atoms with E-state index >= 15 is 0 Å². The van der Waals surface area contributed by atoms with Crippen molar-refractivity contribution in [2.75, 3.05) is 12.3 Å². The van der Waals surface area contributed by atoms with Gasteiger partial charge in [0.2, 0.25) is 5.91 Å². The molecule has 1 aliphatic heterocycles. The third kappa shape index (κ3) is 3.04. The molecule has 0 bridgehead atoms. The average molecular weight is 334 g/mol. The molecule has 3 rings (SSSR count). The number of carboxylic acids is 1. The molecule has 1 amide bonds. The molecule has 1 saturated heterocycles. The predicted molar refractivity (Wildman–Crippen MR) is 84.0 cm³/mol. The topological polar surface area (TPSA) is 105 Å². The summed E-state index contributed by atoms with van der Waals surface area (Å²) in [6.45, 7) is 0.474. The molecule has 0 aliphatic carbocycles. The van der Waals surface area contributed by atoms with Gasteiger partial charge < -0.3 is 10.0 Å². The van der Waals surface area contributed by atoms with E-state index in [9.17, 15) is 14.4 Å². The number of hydrogen-bond donors (Lipinski definition) is 1. The Bertz CT molecular complexity index is 822. The Kier molecular flexibility index (Phi) is 4.28.